The first-order valence-corrected chi connectivity index (χ1v) is 7.03. The fraction of sp³-hybridized carbons (Fsp3) is 0.533. The Morgan fingerprint density at radius 1 is 1.16 bits per heavy atom. The third-order valence-corrected chi connectivity index (χ3v) is 4.42. The number of rotatable bonds is 2. The number of phenolic OH excluding ortho intramolecular Hbond substituents is 1. The second-order valence-corrected chi connectivity index (χ2v) is 5.71. The highest BCUT2D eigenvalue weighted by atomic mass is 16.3. The Hall–Kier alpha value is -1.55. The van der Waals surface area contributed by atoms with Crippen LogP contribution in [0.1, 0.15) is 29.6 Å². The fourth-order valence-corrected chi connectivity index (χ4v) is 3.31. The Labute approximate surface area is 113 Å². The summed E-state index contributed by atoms with van der Waals surface area (Å²) in [4.78, 5) is 12.1. The molecule has 2 aliphatic rings. The lowest BCUT2D eigenvalue weighted by atomic mass is 9.79. The zero-order valence-electron chi connectivity index (χ0n) is 10.9. The van der Waals surface area contributed by atoms with E-state index in [9.17, 15) is 9.90 Å². The molecule has 1 aromatic carbocycles. The van der Waals surface area contributed by atoms with E-state index in [4.69, 9.17) is 0 Å². The summed E-state index contributed by atoms with van der Waals surface area (Å²) in [7, 11) is 0. The molecule has 1 aliphatic heterocycles. The lowest BCUT2D eigenvalue weighted by Crippen LogP contribution is -2.40. The molecule has 1 saturated carbocycles. The molecule has 4 nitrogen and oxygen atoms in total. The molecule has 102 valence electrons. The highest BCUT2D eigenvalue weighted by Crippen LogP contribution is 2.32. The topological polar surface area (TPSA) is 61.4 Å². The number of fused-ring (bicyclic) bond motifs is 1. The molecule has 1 aromatic rings. The van der Waals surface area contributed by atoms with Crippen molar-refractivity contribution < 1.29 is 9.90 Å². The molecule has 1 saturated heterocycles. The third kappa shape index (κ3) is 2.73. The zero-order chi connectivity index (χ0) is 13.2. The highest BCUT2D eigenvalue weighted by Gasteiger charge is 2.34. The molecule has 0 radical (unpaired) electrons. The van der Waals surface area contributed by atoms with E-state index in [1.165, 1.54) is 6.42 Å². The van der Waals surface area contributed by atoms with Gasteiger partial charge in [-0.3, -0.25) is 4.79 Å². The molecular formula is C15H20N2O2. The largest absolute Gasteiger partial charge is 0.508 e. The number of amides is 1. The van der Waals surface area contributed by atoms with Gasteiger partial charge in [0.1, 0.15) is 5.75 Å². The van der Waals surface area contributed by atoms with Crippen LogP contribution in [0.5, 0.6) is 5.75 Å². The molecule has 2 fully saturated rings. The second kappa shape index (κ2) is 5.21. The van der Waals surface area contributed by atoms with E-state index >= 15 is 0 Å². The number of hydrogen-bond acceptors (Lipinski definition) is 3. The van der Waals surface area contributed by atoms with Crippen LogP contribution in [-0.2, 0) is 0 Å². The maximum atomic E-state index is 12.1. The monoisotopic (exact) mass is 260 g/mol. The van der Waals surface area contributed by atoms with Crippen molar-refractivity contribution >= 4 is 5.91 Å². The average molecular weight is 260 g/mol. The van der Waals surface area contributed by atoms with Gasteiger partial charge in [-0.05, 0) is 68.5 Å². The van der Waals surface area contributed by atoms with Crippen LogP contribution in [-0.4, -0.2) is 30.1 Å². The van der Waals surface area contributed by atoms with Gasteiger partial charge in [0.25, 0.3) is 5.91 Å². The van der Waals surface area contributed by atoms with Crippen LogP contribution in [0, 0.1) is 11.8 Å². The van der Waals surface area contributed by atoms with Gasteiger partial charge in [-0.25, -0.2) is 0 Å². The number of benzene rings is 1. The first-order chi connectivity index (χ1) is 9.22. The maximum absolute atomic E-state index is 12.1. The van der Waals surface area contributed by atoms with Crippen molar-refractivity contribution in [2.75, 3.05) is 13.1 Å². The van der Waals surface area contributed by atoms with Crippen LogP contribution in [0.4, 0.5) is 0 Å². The van der Waals surface area contributed by atoms with Crippen molar-refractivity contribution in [2.24, 2.45) is 11.8 Å². The Balaban J connectivity index is 1.59. The van der Waals surface area contributed by atoms with Gasteiger partial charge in [0.05, 0.1) is 0 Å². The molecule has 0 bridgehead atoms. The second-order valence-electron chi connectivity index (χ2n) is 5.71. The predicted octanol–water partition coefficient (Wildman–Crippen LogP) is 1.51. The summed E-state index contributed by atoms with van der Waals surface area (Å²) >= 11 is 0. The minimum atomic E-state index is -0.0330. The van der Waals surface area contributed by atoms with Gasteiger partial charge in [-0.1, -0.05) is 0 Å². The standard InChI is InChI=1S/C15H20N2O2/c18-14-5-2-10(3-6-14)15(19)17-13-4-1-11-8-16-9-12(11)7-13/h2-3,5-6,11-13,16,18H,1,4,7-9H2,(H,17,19)/t11-,12+,13?/m0/s1. The highest BCUT2D eigenvalue weighted by molar-refractivity contribution is 5.94. The number of phenols is 1. The van der Waals surface area contributed by atoms with E-state index < -0.39 is 0 Å². The minimum absolute atomic E-state index is 0.0330. The smallest absolute Gasteiger partial charge is 0.251 e. The summed E-state index contributed by atoms with van der Waals surface area (Å²) in [5, 5.41) is 15.8. The lowest BCUT2D eigenvalue weighted by Gasteiger charge is -2.31. The van der Waals surface area contributed by atoms with E-state index in [1.54, 1.807) is 24.3 Å². The molecule has 19 heavy (non-hydrogen) atoms. The minimum Gasteiger partial charge on any atom is -0.508 e. The number of carbonyl (C=O) groups is 1. The van der Waals surface area contributed by atoms with Crippen molar-refractivity contribution in [2.45, 2.75) is 25.3 Å². The summed E-state index contributed by atoms with van der Waals surface area (Å²) in [6, 6.07) is 6.71. The van der Waals surface area contributed by atoms with Crippen molar-refractivity contribution in [3.8, 4) is 5.75 Å². The third-order valence-electron chi connectivity index (χ3n) is 4.42. The molecule has 3 atom stereocenters. The molecule has 0 aromatic heterocycles. The molecule has 4 heteroatoms. The van der Waals surface area contributed by atoms with Gasteiger partial charge >= 0.3 is 0 Å². The number of hydrogen-bond donors (Lipinski definition) is 3. The van der Waals surface area contributed by atoms with Crippen LogP contribution < -0.4 is 10.6 Å². The van der Waals surface area contributed by atoms with Gasteiger partial charge in [0.15, 0.2) is 0 Å². The molecule has 1 unspecified atom stereocenters. The van der Waals surface area contributed by atoms with E-state index in [0.717, 1.165) is 37.8 Å². The molecule has 3 rings (SSSR count). The molecule has 3 N–H and O–H groups in total. The van der Waals surface area contributed by atoms with Gasteiger partial charge in [0.2, 0.25) is 0 Å². The van der Waals surface area contributed by atoms with Crippen LogP contribution >= 0.6 is 0 Å². The molecule has 1 heterocycles. The summed E-state index contributed by atoms with van der Waals surface area (Å²) < 4.78 is 0. The molecule has 0 spiro atoms. The van der Waals surface area contributed by atoms with E-state index in [1.807, 2.05) is 0 Å². The Morgan fingerprint density at radius 2 is 1.89 bits per heavy atom. The summed E-state index contributed by atoms with van der Waals surface area (Å²) in [5.74, 6) is 1.68. The van der Waals surface area contributed by atoms with Crippen molar-refractivity contribution in [1.82, 2.24) is 10.6 Å². The number of aromatic hydroxyl groups is 1. The van der Waals surface area contributed by atoms with Crippen molar-refractivity contribution in [3.05, 3.63) is 29.8 Å². The van der Waals surface area contributed by atoms with E-state index in [0.29, 0.717) is 11.6 Å². The Bertz CT molecular complexity index is 458. The molecular weight excluding hydrogens is 240 g/mol. The van der Waals surface area contributed by atoms with Crippen molar-refractivity contribution in [1.29, 1.82) is 0 Å². The zero-order valence-corrected chi connectivity index (χ0v) is 10.9. The van der Waals surface area contributed by atoms with E-state index in [-0.39, 0.29) is 11.7 Å². The first kappa shape index (κ1) is 12.5. The van der Waals surface area contributed by atoms with Crippen LogP contribution in [0.15, 0.2) is 24.3 Å². The summed E-state index contributed by atoms with van der Waals surface area (Å²) in [5.41, 5.74) is 0.615. The number of carbonyl (C=O) groups excluding carboxylic acids is 1. The van der Waals surface area contributed by atoms with Crippen LogP contribution in [0.25, 0.3) is 0 Å². The lowest BCUT2D eigenvalue weighted by molar-refractivity contribution is 0.0913. The van der Waals surface area contributed by atoms with Crippen LogP contribution in [0.2, 0.25) is 0 Å². The summed E-state index contributed by atoms with van der Waals surface area (Å²) in [6.07, 6.45) is 3.37. The van der Waals surface area contributed by atoms with Gasteiger partial charge in [0, 0.05) is 11.6 Å². The van der Waals surface area contributed by atoms with Crippen LogP contribution in [0.3, 0.4) is 0 Å². The SMILES string of the molecule is O=C(NC1CC[C@H]2CNC[C@H]2C1)c1ccc(O)cc1. The summed E-state index contributed by atoms with van der Waals surface area (Å²) in [6.45, 7) is 2.24. The Kier molecular flexibility index (Phi) is 3.42. The maximum Gasteiger partial charge on any atom is 0.251 e. The quantitative estimate of drug-likeness (QED) is 0.755. The molecule has 1 amide bonds. The normalized spacial score (nSPS) is 29.8. The van der Waals surface area contributed by atoms with Gasteiger partial charge < -0.3 is 15.7 Å². The molecule has 1 aliphatic carbocycles. The average Bonchev–Trinajstić information content (AvgIpc) is 2.87. The number of nitrogens with one attached hydrogen (secondary N) is 2. The van der Waals surface area contributed by atoms with Crippen molar-refractivity contribution in [3.63, 3.8) is 0 Å². The Morgan fingerprint density at radius 3 is 2.68 bits per heavy atom. The van der Waals surface area contributed by atoms with Gasteiger partial charge in [-0.2, -0.15) is 0 Å². The predicted molar refractivity (Wildman–Crippen MR) is 73.1 cm³/mol. The van der Waals surface area contributed by atoms with Gasteiger partial charge in [-0.15, -0.1) is 0 Å². The first-order valence-electron chi connectivity index (χ1n) is 7.03. The van der Waals surface area contributed by atoms with E-state index in [2.05, 4.69) is 10.6 Å². The fourth-order valence-electron chi connectivity index (χ4n) is 3.31.